The summed E-state index contributed by atoms with van der Waals surface area (Å²) in [6.45, 7) is 7.27. The maximum atomic E-state index is 6.05. The van der Waals surface area contributed by atoms with E-state index in [1.807, 2.05) is 0 Å². The van der Waals surface area contributed by atoms with Gasteiger partial charge in [0.2, 0.25) is 0 Å². The summed E-state index contributed by atoms with van der Waals surface area (Å²) < 4.78 is 5.55. The lowest BCUT2D eigenvalue weighted by Crippen LogP contribution is -2.47. The first-order valence-corrected chi connectivity index (χ1v) is 7.33. The maximum Gasteiger partial charge on any atom is 0.0593 e. The molecule has 2 rings (SSSR count). The van der Waals surface area contributed by atoms with Gasteiger partial charge in [-0.3, -0.25) is 4.90 Å². The quantitative estimate of drug-likeness (QED) is 0.818. The molecule has 0 radical (unpaired) electrons. The molecule has 2 N–H and O–H groups in total. The fraction of sp³-hybridized carbons (Fsp3) is 1.00. The molecule has 100 valence electrons. The van der Waals surface area contributed by atoms with Crippen LogP contribution in [0.25, 0.3) is 0 Å². The van der Waals surface area contributed by atoms with Crippen LogP contribution in [0.5, 0.6) is 0 Å². The molecule has 3 atom stereocenters. The van der Waals surface area contributed by atoms with E-state index in [0.29, 0.717) is 6.04 Å². The van der Waals surface area contributed by atoms with Gasteiger partial charge >= 0.3 is 0 Å². The molecule has 17 heavy (non-hydrogen) atoms. The molecule has 0 aromatic carbocycles. The largest absolute Gasteiger partial charge is 0.380 e. The minimum absolute atomic E-state index is 0.597. The van der Waals surface area contributed by atoms with E-state index in [4.69, 9.17) is 10.5 Å². The Morgan fingerprint density at radius 1 is 1.24 bits per heavy atom. The zero-order valence-corrected chi connectivity index (χ0v) is 11.2. The molecule has 0 aromatic rings. The van der Waals surface area contributed by atoms with Gasteiger partial charge in [0.15, 0.2) is 0 Å². The Kier molecular flexibility index (Phi) is 5.26. The number of rotatable bonds is 3. The average molecular weight is 240 g/mol. The Balaban J connectivity index is 1.93. The van der Waals surface area contributed by atoms with E-state index in [-0.39, 0.29) is 0 Å². The summed E-state index contributed by atoms with van der Waals surface area (Å²) in [4.78, 5) is 2.59. The molecule has 0 aromatic heterocycles. The van der Waals surface area contributed by atoms with E-state index in [0.717, 1.165) is 38.1 Å². The highest BCUT2D eigenvalue weighted by Gasteiger charge is 2.30. The van der Waals surface area contributed by atoms with Crippen LogP contribution >= 0.6 is 0 Å². The third-order valence-corrected chi connectivity index (χ3v) is 4.49. The van der Waals surface area contributed by atoms with E-state index in [1.165, 1.54) is 38.6 Å². The summed E-state index contributed by atoms with van der Waals surface area (Å²) in [5, 5.41) is 0. The molecule has 2 fully saturated rings. The summed E-state index contributed by atoms with van der Waals surface area (Å²) in [5.41, 5.74) is 6.05. The second-order valence-electron chi connectivity index (χ2n) is 5.84. The van der Waals surface area contributed by atoms with Gasteiger partial charge < -0.3 is 10.5 Å². The molecule has 3 nitrogen and oxygen atoms in total. The molecule has 1 saturated carbocycles. The number of hydrogen-bond acceptors (Lipinski definition) is 3. The molecule has 2 aliphatic rings. The second-order valence-corrected chi connectivity index (χ2v) is 5.84. The highest BCUT2D eigenvalue weighted by Crippen LogP contribution is 2.32. The van der Waals surface area contributed by atoms with Crippen LogP contribution in [0.1, 0.15) is 39.0 Å². The Morgan fingerprint density at radius 2 is 2.12 bits per heavy atom. The molecule has 0 amide bonds. The van der Waals surface area contributed by atoms with Crippen LogP contribution in [0.4, 0.5) is 0 Å². The number of nitrogens with two attached hydrogens (primary N) is 1. The minimum Gasteiger partial charge on any atom is -0.380 e. The molecular formula is C14H28N2O. The summed E-state index contributed by atoms with van der Waals surface area (Å²) in [6, 6.07) is 0.597. The van der Waals surface area contributed by atoms with Crippen LogP contribution < -0.4 is 5.73 Å². The third kappa shape index (κ3) is 3.67. The van der Waals surface area contributed by atoms with Gasteiger partial charge in [0.1, 0.15) is 0 Å². The van der Waals surface area contributed by atoms with Crippen molar-refractivity contribution in [3.8, 4) is 0 Å². The number of nitrogens with zero attached hydrogens (tertiary/aromatic N) is 1. The SMILES string of the molecule is CC1CCCC(C(CN)N2CCCOCC2)C1. The number of ether oxygens (including phenoxy) is 1. The van der Waals surface area contributed by atoms with Gasteiger partial charge in [-0.25, -0.2) is 0 Å². The van der Waals surface area contributed by atoms with E-state index in [9.17, 15) is 0 Å². The summed E-state index contributed by atoms with van der Waals surface area (Å²) in [6.07, 6.45) is 6.73. The van der Waals surface area contributed by atoms with Crippen LogP contribution in [-0.2, 0) is 4.74 Å². The standard InChI is InChI=1S/C14H28N2O/c1-12-4-2-5-13(10-12)14(11-15)16-6-3-8-17-9-7-16/h12-14H,2-11,15H2,1H3. The number of hydrogen-bond donors (Lipinski definition) is 1. The molecule has 3 unspecified atom stereocenters. The fourth-order valence-electron chi connectivity index (χ4n) is 3.57. The van der Waals surface area contributed by atoms with Crippen LogP contribution in [0.15, 0.2) is 0 Å². The third-order valence-electron chi connectivity index (χ3n) is 4.49. The Morgan fingerprint density at radius 3 is 2.88 bits per heavy atom. The lowest BCUT2D eigenvalue weighted by molar-refractivity contribution is 0.0954. The van der Waals surface area contributed by atoms with Crippen LogP contribution in [0.3, 0.4) is 0 Å². The van der Waals surface area contributed by atoms with E-state index in [1.54, 1.807) is 0 Å². The van der Waals surface area contributed by atoms with Crippen molar-refractivity contribution in [1.82, 2.24) is 4.90 Å². The van der Waals surface area contributed by atoms with E-state index in [2.05, 4.69) is 11.8 Å². The lowest BCUT2D eigenvalue weighted by atomic mass is 9.78. The molecule has 0 spiro atoms. The first kappa shape index (κ1) is 13.3. The van der Waals surface area contributed by atoms with Gasteiger partial charge in [-0.15, -0.1) is 0 Å². The predicted molar refractivity (Wildman–Crippen MR) is 71.0 cm³/mol. The normalized spacial score (nSPS) is 34.2. The molecule has 1 saturated heterocycles. The highest BCUT2D eigenvalue weighted by atomic mass is 16.5. The van der Waals surface area contributed by atoms with Gasteiger partial charge in [0.25, 0.3) is 0 Å². The zero-order chi connectivity index (χ0) is 12.1. The monoisotopic (exact) mass is 240 g/mol. The van der Waals surface area contributed by atoms with Crippen LogP contribution in [0.2, 0.25) is 0 Å². The highest BCUT2D eigenvalue weighted by molar-refractivity contribution is 4.84. The van der Waals surface area contributed by atoms with Gasteiger partial charge in [-0.2, -0.15) is 0 Å². The topological polar surface area (TPSA) is 38.5 Å². The van der Waals surface area contributed by atoms with Crippen molar-refractivity contribution >= 4 is 0 Å². The smallest absolute Gasteiger partial charge is 0.0593 e. The van der Waals surface area contributed by atoms with E-state index < -0.39 is 0 Å². The maximum absolute atomic E-state index is 6.05. The van der Waals surface area contributed by atoms with Gasteiger partial charge in [0, 0.05) is 32.3 Å². The molecule has 1 aliphatic carbocycles. The lowest BCUT2D eigenvalue weighted by Gasteiger charge is -2.39. The van der Waals surface area contributed by atoms with Crippen molar-refractivity contribution in [3.63, 3.8) is 0 Å². The zero-order valence-electron chi connectivity index (χ0n) is 11.2. The van der Waals surface area contributed by atoms with E-state index >= 15 is 0 Å². The van der Waals surface area contributed by atoms with Crippen molar-refractivity contribution in [3.05, 3.63) is 0 Å². The second kappa shape index (κ2) is 6.72. The summed E-state index contributed by atoms with van der Waals surface area (Å²) in [7, 11) is 0. The first-order valence-electron chi connectivity index (χ1n) is 7.33. The molecule has 3 heteroatoms. The average Bonchev–Trinajstić information content (AvgIpc) is 2.59. The van der Waals surface area contributed by atoms with Gasteiger partial charge in [-0.05, 0) is 31.1 Å². The minimum atomic E-state index is 0.597. The molecular weight excluding hydrogens is 212 g/mol. The van der Waals surface area contributed by atoms with Crippen molar-refractivity contribution in [2.75, 3.05) is 32.8 Å². The Bertz CT molecular complexity index is 212. The summed E-state index contributed by atoms with van der Waals surface area (Å²) >= 11 is 0. The van der Waals surface area contributed by atoms with Crippen molar-refractivity contribution in [2.24, 2.45) is 17.6 Å². The molecule has 1 heterocycles. The molecule has 1 aliphatic heterocycles. The van der Waals surface area contributed by atoms with Gasteiger partial charge in [0.05, 0.1) is 6.61 Å². The Labute approximate surface area is 106 Å². The first-order chi connectivity index (χ1) is 8.31. The van der Waals surface area contributed by atoms with Crippen molar-refractivity contribution < 1.29 is 4.74 Å². The van der Waals surface area contributed by atoms with Gasteiger partial charge in [-0.1, -0.05) is 19.8 Å². The van der Waals surface area contributed by atoms with Crippen LogP contribution in [-0.4, -0.2) is 43.8 Å². The van der Waals surface area contributed by atoms with Crippen molar-refractivity contribution in [1.29, 1.82) is 0 Å². The van der Waals surface area contributed by atoms with Crippen LogP contribution in [0, 0.1) is 11.8 Å². The van der Waals surface area contributed by atoms with Crippen molar-refractivity contribution in [2.45, 2.75) is 45.1 Å². The fourth-order valence-corrected chi connectivity index (χ4v) is 3.57. The Hall–Kier alpha value is -0.120. The summed E-state index contributed by atoms with van der Waals surface area (Å²) in [5.74, 6) is 1.72. The molecule has 0 bridgehead atoms. The predicted octanol–water partition coefficient (Wildman–Crippen LogP) is 1.86.